The number of nitrogens with one attached hydrogen (secondary N) is 1. The van der Waals surface area contributed by atoms with Gasteiger partial charge < -0.3 is 14.8 Å². The van der Waals surface area contributed by atoms with Gasteiger partial charge in [0.1, 0.15) is 6.10 Å². The molecule has 1 aromatic carbocycles. The van der Waals surface area contributed by atoms with Gasteiger partial charge >= 0.3 is 0 Å². The van der Waals surface area contributed by atoms with E-state index in [4.69, 9.17) is 9.47 Å². The summed E-state index contributed by atoms with van der Waals surface area (Å²) in [4.78, 5) is 0. The summed E-state index contributed by atoms with van der Waals surface area (Å²) in [5.74, 6) is 2.47. The summed E-state index contributed by atoms with van der Waals surface area (Å²) in [7, 11) is 1.70. The van der Waals surface area contributed by atoms with Crippen molar-refractivity contribution >= 4 is 0 Å². The van der Waals surface area contributed by atoms with Gasteiger partial charge in [0.25, 0.3) is 0 Å². The molecular weight excluding hydrogens is 262 g/mol. The van der Waals surface area contributed by atoms with Gasteiger partial charge in [-0.25, -0.2) is 0 Å². The standard InChI is InChI=1S/C18H29NO2/c1-4-12-19-15-11-10-14(5-2)13-18(15)21-17-9-7-6-8-16(17)20-3/h6-9,14-15,18-19H,4-5,10-13H2,1-3H3. The quantitative estimate of drug-likeness (QED) is 0.823. The molecule has 1 N–H and O–H groups in total. The first kappa shape index (κ1) is 16.2. The number of hydrogen-bond donors (Lipinski definition) is 1. The van der Waals surface area contributed by atoms with Crippen LogP contribution in [0.25, 0.3) is 0 Å². The topological polar surface area (TPSA) is 30.5 Å². The Morgan fingerprint density at radius 1 is 1.14 bits per heavy atom. The summed E-state index contributed by atoms with van der Waals surface area (Å²) in [6.07, 6.45) is 6.30. The molecule has 3 heteroatoms. The van der Waals surface area contributed by atoms with Gasteiger partial charge in [0.2, 0.25) is 0 Å². The van der Waals surface area contributed by atoms with E-state index in [9.17, 15) is 0 Å². The van der Waals surface area contributed by atoms with Crippen molar-refractivity contribution in [1.82, 2.24) is 5.32 Å². The third kappa shape index (κ3) is 4.37. The molecular formula is C18H29NO2. The number of hydrogen-bond acceptors (Lipinski definition) is 3. The predicted octanol–water partition coefficient (Wildman–Crippen LogP) is 4.02. The Labute approximate surface area is 129 Å². The van der Waals surface area contributed by atoms with Crippen LogP contribution >= 0.6 is 0 Å². The first-order valence-electron chi connectivity index (χ1n) is 8.31. The molecule has 3 nitrogen and oxygen atoms in total. The van der Waals surface area contributed by atoms with Gasteiger partial charge in [-0.15, -0.1) is 0 Å². The van der Waals surface area contributed by atoms with Crippen LogP contribution in [-0.2, 0) is 0 Å². The molecule has 21 heavy (non-hydrogen) atoms. The van der Waals surface area contributed by atoms with Gasteiger partial charge in [-0.2, -0.15) is 0 Å². The maximum Gasteiger partial charge on any atom is 0.161 e. The molecule has 0 heterocycles. The maximum absolute atomic E-state index is 6.33. The lowest BCUT2D eigenvalue weighted by atomic mass is 9.82. The number of ether oxygens (including phenoxy) is 2. The molecule has 118 valence electrons. The molecule has 0 bridgehead atoms. The van der Waals surface area contributed by atoms with Crippen molar-refractivity contribution in [3.8, 4) is 11.5 Å². The molecule has 0 spiro atoms. The lowest BCUT2D eigenvalue weighted by molar-refractivity contribution is 0.0822. The molecule has 3 atom stereocenters. The highest BCUT2D eigenvalue weighted by Crippen LogP contribution is 2.33. The van der Waals surface area contributed by atoms with Crippen molar-refractivity contribution in [3.63, 3.8) is 0 Å². The van der Waals surface area contributed by atoms with E-state index < -0.39 is 0 Å². The molecule has 1 aromatic rings. The van der Waals surface area contributed by atoms with Gasteiger partial charge in [0.15, 0.2) is 11.5 Å². The Kier molecular flexibility index (Phi) is 6.37. The average Bonchev–Trinajstić information content (AvgIpc) is 2.54. The number of para-hydroxylation sites is 2. The minimum absolute atomic E-state index is 0.242. The summed E-state index contributed by atoms with van der Waals surface area (Å²) in [5, 5.41) is 3.66. The summed E-state index contributed by atoms with van der Waals surface area (Å²) in [6.45, 7) is 5.55. The Bertz CT molecular complexity index is 421. The van der Waals surface area contributed by atoms with Crippen molar-refractivity contribution in [2.24, 2.45) is 5.92 Å². The van der Waals surface area contributed by atoms with Crippen LogP contribution in [0, 0.1) is 5.92 Å². The summed E-state index contributed by atoms with van der Waals surface area (Å²) < 4.78 is 11.7. The largest absolute Gasteiger partial charge is 0.493 e. The van der Waals surface area contributed by atoms with Gasteiger partial charge in [0.05, 0.1) is 7.11 Å². The Balaban J connectivity index is 2.07. The fourth-order valence-electron chi connectivity index (χ4n) is 3.16. The van der Waals surface area contributed by atoms with E-state index in [1.165, 1.54) is 19.3 Å². The molecule has 1 saturated carbocycles. The van der Waals surface area contributed by atoms with Crippen LogP contribution in [0.15, 0.2) is 24.3 Å². The lowest BCUT2D eigenvalue weighted by Gasteiger charge is -2.36. The molecule has 2 rings (SSSR count). The van der Waals surface area contributed by atoms with E-state index in [-0.39, 0.29) is 6.10 Å². The summed E-state index contributed by atoms with van der Waals surface area (Å²) in [5.41, 5.74) is 0. The van der Waals surface area contributed by atoms with Crippen LogP contribution < -0.4 is 14.8 Å². The SMILES string of the molecule is CCCNC1CCC(CC)CC1Oc1ccccc1OC. The van der Waals surface area contributed by atoms with Crippen molar-refractivity contribution in [3.05, 3.63) is 24.3 Å². The molecule has 0 aliphatic heterocycles. The van der Waals surface area contributed by atoms with Gasteiger partial charge in [-0.05, 0) is 50.3 Å². The van der Waals surface area contributed by atoms with E-state index >= 15 is 0 Å². The van der Waals surface area contributed by atoms with E-state index in [0.717, 1.165) is 36.8 Å². The van der Waals surface area contributed by atoms with Crippen molar-refractivity contribution < 1.29 is 9.47 Å². The zero-order chi connectivity index (χ0) is 15.1. The second-order valence-corrected chi connectivity index (χ2v) is 5.96. The van der Waals surface area contributed by atoms with Crippen LogP contribution in [-0.4, -0.2) is 25.8 Å². The van der Waals surface area contributed by atoms with Crippen LogP contribution in [0.3, 0.4) is 0 Å². The van der Waals surface area contributed by atoms with Gasteiger partial charge in [-0.3, -0.25) is 0 Å². The fourth-order valence-corrected chi connectivity index (χ4v) is 3.16. The second-order valence-electron chi connectivity index (χ2n) is 5.96. The zero-order valence-corrected chi connectivity index (χ0v) is 13.6. The molecule has 0 aromatic heterocycles. The van der Waals surface area contributed by atoms with Gasteiger partial charge in [0, 0.05) is 6.04 Å². The number of methoxy groups -OCH3 is 1. The molecule has 1 aliphatic carbocycles. The third-order valence-electron chi connectivity index (χ3n) is 4.48. The lowest BCUT2D eigenvalue weighted by Crippen LogP contribution is -2.47. The molecule has 1 fully saturated rings. The average molecular weight is 291 g/mol. The zero-order valence-electron chi connectivity index (χ0n) is 13.6. The van der Waals surface area contributed by atoms with Crippen LogP contribution in [0.2, 0.25) is 0 Å². The normalized spacial score (nSPS) is 25.6. The number of rotatable bonds is 7. The molecule has 1 aliphatic rings. The van der Waals surface area contributed by atoms with Crippen LogP contribution in [0.4, 0.5) is 0 Å². The number of benzene rings is 1. The van der Waals surface area contributed by atoms with E-state index in [1.54, 1.807) is 7.11 Å². The maximum atomic E-state index is 6.33. The smallest absolute Gasteiger partial charge is 0.161 e. The molecule has 0 radical (unpaired) electrons. The molecule has 0 amide bonds. The monoisotopic (exact) mass is 291 g/mol. The highest BCUT2D eigenvalue weighted by atomic mass is 16.5. The van der Waals surface area contributed by atoms with Crippen LogP contribution in [0.5, 0.6) is 11.5 Å². The van der Waals surface area contributed by atoms with E-state index in [1.807, 2.05) is 24.3 Å². The van der Waals surface area contributed by atoms with Crippen molar-refractivity contribution in [1.29, 1.82) is 0 Å². The first-order valence-corrected chi connectivity index (χ1v) is 8.31. The Morgan fingerprint density at radius 2 is 1.90 bits per heavy atom. The van der Waals surface area contributed by atoms with Crippen molar-refractivity contribution in [2.45, 2.75) is 58.1 Å². The molecule has 0 saturated heterocycles. The van der Waals surface area contributed by atoms with Crippen LogP contribution in [0.1, 0.15) is 46.0 Å². The molecule has 3 unspecified atom stereocenters. The highest BCUT2D eigenvalue weighted by molar-refractivity contribution is 5.39. The van der Waals surface area contributed by atoms with Gasteiger partial charge in [-0.1, -0.05) is 32.4 Å². The predicted molar refractivity (Wildman–Crippen MR) is 87.1 cm³/mol. The summed E-state index contributed by atoms with van der Waals surface area (Å²) in [6, 6.07) is 8.41. The highest BCUT2D eigenvalue weighted by Gasteiger charge is 2.31. The second kappa shape index (κ2) is 8.28. The Morgan fingerprint density at radius 3 is 2.57 bits per heavy atom. The van der Waals surface area contributed by atoms with E-state index in [2.05, 4.69) is 19.2 Å². The van der Waals surface area contributed by atoms with Crippen molar-refractivity contribution in [2.75, 3.05) is 13.7 Å². The Hall–Kier alpha value is -1.22. The fraction of sp³-hybridized carbons (Fsp3) is 0.667. The van der Waals surface area contributed by atoms with E-state index in [0.29, 0.717) is 6.04 Å². The summed E-state index contributed by atoms with van der Waals surface area (Å²) >= 11 is 0. The minimum atomic E-state index is 0.242. The third-order valence-corrected chi connectivity index (χ3v) is 4.48. The first-order chi connectivity index (χ1) is 10.3. The minimum Gasteiger partial charge on any atom is -0.493 e.